The van der Waals surface area contributed by atoms with Gasteiger partial charge in [-0.3, -0.25) is 4.79 Å². The van der Waals surface area contributed by atoms with Gasteiger partial charge in [0.1, 0.15) is 0 Å². The maximum absolute atomic E-state index is 12.6. The van der Waals surface area contributed by atoms with Gasteiger partial charge >= 0.3 is 0 Å². The number of nitrogens with one attached hydrogen (secondary N) is 1. The van der Waals surface area contributed by atoms with E-state index in [1.54, 1.807) is 0 Å². The Balaban J connectivity index is 1.64. The van der Waals surface area contributed by atoms with Gasteiger partial charge in [0.05, 0.1) is 11.4 Å². The zero-order valence-electron chi connectivity index (χ0n) is 14.4. The highest BCUT2D eigenvalue weighted by Gasteiger charge is 2.29. The number of anilines is 2. The van der Waals surface area contributed by atoms with Gasteiger partial charge < -0.3 is 10.2 Å². The van der Waals surface area contributed by atoms with E-state index in [1.165, 1.54) is 23.6 Å². The van der Waals surface area contributed by atoms with Crippen LogP contribution in [0.25, 0.3) is 0 Å². The van der Waals surface area contributed by atoms with Crippen molar-refractivity contribution in [3.63, 3.8) is 0 Å². The number of nitrogens with two attached hydrogens (primary N) is 1. The van der Waals surface area contributed by atoms with Gasteiger partial charge in [-0.2, -0.15) is 12.7 Å². The minimum Gasteiger partial charge on any atom is -0.370 e. The second-order valence-corrected chi connectivity index (χ2v) is 8.32. The number of hydrogen-bond donors (Lipinski definition) is 2. The Morgan fingerprint density at radius 3 is 2.32 bits per heavy atom. The molecule has 2 heterocycles. The van der Waals surface area contributed by atoms with Crippen molar-refractivity contribution in [1.29, 1.82) is 0 Å². The molecule has 1 aromatic rings. The van der Waals surface area contributed by atoms with Crippen LogP contribution < -0.4 is 15.4 Å². The molecule has 3 N–H and O–H groups in total. The molecule has 0 aliphatic carbocycles. The quantitative estimate of drug-likeness (QED) is 0.845. The van der Waals surface area contributed by atoms with Gasteiger partial charge in [-0.05, 0) is 44.2 Å². The van der Waals surface area contributed by atoms with E-state index in [-0.39, 0.29) is 11.8 Å². The van der Waals surface area contributed by atoms with Gasteiger partial charge in [0, 0.05) is 32.1 Å². The molecular weight excluding hydrogens is 340 g/mol. The third-order valence-electron chi connectivity index (χ3n) is 5.04. The highest BCUT2D eigenvalue weighted by atomic mass is 32.2. The Morgan fingerprint density at radius 1 is 1.04 bits per heavy atom. The molecule has 0 bridgehead atoms. The number of para-hydroxylation sites is 2. The first-order chi connectivity index (χ1) is 11.9. The standard InChI is InChI=1S/C17H26N4O3S/c18-25(23,24)21-12-8-14(9-13-21)17(22)19-15-6-2-3-7-16(15)20-10-4-1-5-11-20/h2-3,6-7,14H,1,4-5,8-13H2,(H,19,22)(H2,18,23,24). The van der Waals surface area contributed by atoms with Gasteiger partial charge in [0.2, 0.25) is 5.91 Å². The molecule has 0 radical (unpaired) electrons. The van der Waals surface area contributed by atoms with Crippen LogP contribution in [0.1, 0.15) is 32.1 Å². The molecule has 25 heavy (non-hydrogen) atoms. The highest BCUT2D eigenvalue weighted by Crippen LogP contribution is 2.29. The number of amides is 1. The maximum Gasteiger partial charge on any atom is 0.276 e. The Bertz CT molecular complexity index is 708. The minimum atomic E-state index is -3.66. The van der Waals surface area contributed by atoms with Gasteiger partial charge in [-0.1, -0.05) is 12.1 Å². The summed E-state index contributed by atoms with van der Waals surface area (Å²) in [5.41, 5.74) is 1.90. The van der Waals surface area contributed by atoms with E-state index < -0.39 is 10.2 Å². The molecule has 0 atom stereocenters. The number of nitrogens with zero attached hydrogens (tertiary/aromatic N) is 2. The molecule has 8 heteroatoms. The molecule has 2 aliphatic rings. The predicted octanol–water partition coefficient (Wildman–Crippen LogP) is 1.53. The summed E-state index contributed by atoms with van der Waals surface area (Å²) >= 11 is 0. The number of carbonyl (C=O) groups excluding carboxylic acids is 1. The smallest absolute Gasteiger partial charge is 0.276 e. The van der Waals surface area contributed by atoms with Crippen LogP contribution in [-0.4, -0.2) is 44.8 Å². The van der Waals surface area contributed by atoms with Crippen molar-refractivity contribution in [1.82, 2.24) is 4.31 Å². The number of hydrogen-bond acceptors (Lipinski definition) is 4. The third kappa shape index (κ3) is 4.50. The number of rotatable bonds is 4. The summed E-state index contributed by atoms with van der Waals surface area (Å²) in [6.45, 7) is 2.62. The van der Waals surface area contributed by atoms with E-state index in [2.05, 4.69) is 10.2 Å². The van der Waals surface area contributed by atoms with Crippen molar-refractivity contribution in [2.24, 2.45) is 11.1 Å². The Hall–Kier alpha value is -1.64. The van der Waals surface area contributed by atoms with Crippen LogP contribution >= 0.6 is 0 Å². The number of carbonyl (C=O) groups is 1. The Morgan fingerprint density at radius 2 is 1.68 bits per heavy atom. The van der Waals surface area contributed by atoms with Gasteiger partial charge in [0.25, 0.3) is 10.2 Å². The average Bonchev–Trinajstić information content (AvgIpc) is 2.62. The predicted molar refractivity (Wildman–Crippen MR) is 98.5 cm³/mol. The first kappa shape index (κ1) is 18.2. The summed E-state index contributed by atoms with van der Waals surface area (Å²) in [7, 11) is -3.66. The normalized spacial score (nSPS) is 20.4. The lowest BCUT2D eigenvalue weighted by molar-refractivity contribution is -0.120. The van der Waals surface area contributed by atoms with Crippen LogP contribution in [-0.2, 0) is 15.0 Å². The molecule has 2 aliphatic heterocycles. The highest BCUT2D eigenvalue weighted by molar-refractivity contribution is 7.86. The largest absolute Gasteiger partial charge is 0.370 e. The monoisotopic (exact) mass is 366 g/mol. The summed E-state index contributed by atoms with van der Waals surface area (Å²) in [5.74, 6) is -0.231. The molecule has 2 saturated heterocycles. The zero-order valence-corrected chi connectivity index (χ0v) is 15.2. The van der Waals surface area contributed by atoms with Crippen molar-refractivity contribution in [2.75, 3.05) is 36.4 Å². The van der Waals surface area contributed by atoms with Crippen molar-refractivity contribution in [2.45, 2.75) is 32.1 Å². The van der Waals surface area contributed by atoms with Crippen LogP contribution in [0.5, 0.6) is 0 Å². The lowest BCUT2D eigenvalue weighted by atomic mass is 9.97. The molecule has 7 nitrogen and oxygen atoms in total. The summed E-state index contributed by atoms with van der Waals surface area (Å²) in [6.07, 6.45) is 4.60. The second-order valence-electron chi connectivity index (χ2n) is 6.77. The molecule has 138 valence electrons. The zero-order chi connectivity index (χ0) is 17.9. The Labute approximate surface area is 149 Å². The molecule has 0 saturated carbocycles. The van der Waals surface area contributed by atoms with Crippen LogP contribution in [0, 0.1) is 5.92 Å². The second kappa shape index (κ2) is 7.72. The molecule has 0 aromatic heterocycles. The van der Waals surface area contributed by atoms with Crippen molar-refractivity contribution < 1.29 is 13.2 Å². The fourth-order valence-electron chi connectivity index (χ4n) is 3.60. The van der Waals surface area contributed by atoms with E-state index >= 15 is 0 Å². The summed E-state index contributed by atoms with van der Waals surface area (Å²) < 4.78 is 24.0. The van der Waals surface area contributed by atoms with E-state index in [0.29, 0.717) is 25.9 Å². The lowest BCUT2D eigenvalue weighted by Crippen LogP contribution is -2.44. The third-order valence-corrected chi connectivity index (χ3v) is 6.13. The molecule has 3 rings (SSSR count). The van der Waals surface area contributed by atoms with Crippen LogP contribution in [0.15, 0.2) is 24.3 Å². The SMILES string of the molecule is NS(=O)(=O)N1CCC(C(=O)Nc2ccccc2N2CCCCC2)CC1. The maximum atomic E-state index is 12.6. The summed E-state index contributed by atoms with van der Waals surface area (Å²) in [5, 5.41) is 8.20. The van der Waals surface area contributed by atoms with Gasteiger partial charge in [0.15, 0.2) is 0 Å². The number of benzene rings is 1. The molecular formula is C17H26N4O3S. The van der Waals surface area contributed by atoms with Crippen molar-refractivity contribution in [3.05, 3.63) is 24.3 Å². The van der Waals surface area contributed by atoms with Crippen LogP contribution in [0.2, 0.25) is 0 Å². The van der Waals surface area contributed by atoms with Crippen molar-refractivity contribution >= 4 is 27.5 Å². The van der Waals surface area contributed by atoms with E-state index in [4.69, 9.17) is 5.14 Å². The molecule has 0 spiro atoms. The molecule has 1 amide bonds. The fraction of sp³-hybridized carbons (Fsp3) is 0.588. The van der Waals surface area contributed by atoms with Gasteiger partial charge in [-0.15, -0.1) is 0 Å². The van der Waals surface area contributed by atoms with Crippen LogP contribution in [0.4, 0.5) is 11.4 Å². The fourth-order valence-corrected chi connectivity index (χ4v) is 4.32. The average molecular weight is 366 g/mol. The number of piperidine rings is 2. The van der Waals surface area contributed by atoms with Crippen LogP contribution in [0.3, 0.4) is 0 Å². The molecule has 1 aromatic carbocycles. The summed E-state index contributed by atoms with van der Waals surface area (Å²) in [4.78, 5) is 15.0. The molecule has 2 fully saturated rings. The summed E-state index contributed by atoms with van der Waals surface area (Å²) in [6, 6.07) is 7.89. The Kier molecular flexibility index (Phi) is 5.61. The first-order valence-electron chi connectivity index (χ1n) is 8.88. The topological polar surface area (TPSA) is 95.7 Å². The lowest BCUT2D eigenvalue weighted by Gasteiger charge is -2.32. The molecule has 0 unspecified atom stereocenters. The van der Waals surface area contributed by atoms with E-state index in [9.17, 15) is 13.2 Å². The van der Waals surface area contributed by atoms with E-state index in [1.807, 2.05) is 24.3 Å². The van der Waals surface area contributed by atoms with Crippen molar-refractivity contribution in [3.8, 4) is 0 Å². The minimum absolute atomic E-state index is 0.0430. The van der Waals surface area contributed by atoms with E-state index in [0.717, 1.165) is 24.5 Å². The first-order valence-corrected chi connectivity index (χ1v) is 10.4. The van der Waals surface area contributed by atoms with Gasteiger partial charge in [-0.25, -0.2) is 5.14 Å².